The molecule has 1 aromatic heterocycles. The minimum Gasteiger partial charge on any atom is -0.319 e. The predicted molar refractivity (Wildman–Crippen MR) is 66.4 cm³/mol. The van der Waals surface area contributed by atoms with Crippen molar-refractivity contribution in [3.63, 3.8) is 0 Å². The van der Waals surface area contributed by atoms with Crippen LogP contribution in [-0.2, 0) is 6.18 Å². The highest BCUT2D eigenvalue weighted by atomic mass is 19.4. The smallest absolute Gasteiger partial charge is 0.319 e. The first-order valence-electron chi connectivity index (χ1n) is 5.85. The predicted octanol–water partition coefficient (Wildman–Crippen LogP) is 3.60. The van der Waals surface area contributed by atoms with E-state index in [0.717, 1.165) is 12.1 Å². The number of benzene rings is 1. The second-order valence-electron chi connectivity index (χ2n) is 4.42. The van der Waals surface area contributed by atoms with Crippen LogP contribution in [0, 0.1) is 12.7 Å². The third-order valence-electron chi connectivity index (χ3n) is 2.88. The first kappa shape index (κ1) is 14.5. The highest BCUT2D eigenvalue weighted by Gasteiger charge is 2.34. The molecule has 0 radical (unpaired) electrons. The van der Waals surface area contributed by atoms with Crippen molar-refractivity contribution in [2.45, 2.75) is 19.1 Å². The van der Waals surface area contributed by atoms with E-state index in [-0.39, 0.29) is 5.56 Å². The molecule has 0 bridgehead atoms. The molecule has 0 aliphatic carbocycles. The Kier molecular flexibility index (Phi) is 3.76. The topological polar surface area (TPSA) is 38.9 Å². The molecule has 2 aromatic rings. The van der Waals surface area contributed by atoms with E-state index >= 15 is 0 Å². The Hall–Kier alpha value is -1.95. The number of nitrogens with two attached hydrogens (primary N) is 1. The molecule has 2 nitrogen and oxygen atoms in total. The lowest BCUT2D eigenvalue weighted by Crippen LogP contribution is -2.16. The van der Waals surface area contributed by atoms with Gasteiger partial charge in [0.25, 0.3) is 0 Å². The van der Waals surface area contributed by atoms with Crippen molar-refractivity contribution in [3.8, 4) is 0 Å². The number of halogens is 4. The van der Waals surface area contributed by atoms with Crippen LogP contribution in [0.2, 0.25) is 0 Å². The van der Waals surface area contributed by atoms with Crippen molar-refractivity contribution in [3.05, 3.63) is 64.7 Å². The van der Waals surface area contributed by atoms with Gasteiger partial charge in [0.1, 0.15) is 5.82 Å². The minimum absolute atomic E-state index is 0.164. The van der Waals surface area contributed by atoms with Gasteiger partial charge in [-0.05, 0) is 36.8 Å². The summed E-state index contributed by atoms with van der Waals surface area (Å²) in [5.74, 6) is -1.31. The number of nitrogens with zero attached hydrogens (tertiary/aromatic N) is 1. The fourth-order valence-corrected chi connectivity index (χ4v) is 1.86. The Morgan fingerprint density at radius 2 is 1.85 bits per heavy atom. The van der Waals surface area contributed by atoms with E-state index < -0.39 is 23.6 Å². The van der Waals surface area contributed by atoms with Crippen LogP contribution in [0.4, 0.5) is 17.6 Å². The van der Waals surface area contributed by atoms with Gasteiger partial charge in [0, 0.05) is 5.69 Å². The molecule has 0 saturated carbocycles. The standard InChI is InChI=1S/C14H12F4N2/c1-8-3-2-4-12(20-8)13(19)9-5-6-11(15)10(7-9)14(16,17)18/h2-7,13H,19H2,1H3. The molecule has 6 heteroatoms. The van der Waals surface area contributed by atoms with Gasteiger partial charge in [-0.3, -0.25) is 4.98 Å². The van der Waals surface area contributed by atoms with Crippen LogP contribution in [-0.4, -0.2) is 4.98 Å². The van der Waals surface area contributed by atoms with E-state index in [1.54, 1.807) is 25.1 Å². The van der Waals surface area contributed by atoms with Crippen LogP contribution < -0.4 is 5.73 Å². The van der Waals surface area contributed by atoms with Gasteiger partial charge < -0.3 is 5.73 Å². The highest BCUT2D eigenvalue weighted by Crippen LogP contribution is 2.33. The number of alkyl halides is 3. The van der Waals surface area contributed by atoms with Crippen molar-refractivity contribution in [1.82, 2.24) is 4.98 Å². The van der Waals surface area contributed by atoms with Crippen LogP contribution in [0.5, 0.6) is 0 Å². The van der Waals surface area contributed by atoms with E-state index in [4.69, 9.17) is 5.73 Å². The summed E-state index contributed by atoms with van der Waals surface area (Å²) in [6, 6.07) is 6.98. The quantitative estimate of drug-likeness (QED) is 0.856. The molecule has 0 fully saturated rings. The lowest BCUT2D eigenvalue weighted by molar-refractivity contribution is -0.140. The molecule has 2 rings (SSSR count). The van der Waals surface area contributed by atoms with Gasteiger partial charge in [0.2, 0.25) is 0 Å². The first-order valence-corrected chi connectivity index (χ1v) is 5.85. The number of aryl methyl sites for hydroxylation is 1. The lowest BCUT2D eigenvalue weighted by Gasteiger charge is -2.15. The number of hydrogen-bond donors (Lipinski definition) is 1. The molecular weight excluding hydrogens is 272 g/mol. The first-order chi connectivity index (χ1) is 9.29. The third-order valence-corrected chi connectivity index (χ3v) is 2.88. The fourth-order valence-electron chi connectivity index (χ4n) is 1.86. The molecular formula is C14H12F4N2. The van der Waals surface area contributed by atoms with E-state index in [1.165, 1.54) is 6.07 Å². The Labute approximate surface area is 113 Å². The van der Waals surface area contributed by atoms with Crippen molar-refractivity contribution >= 4 is 0 Å². The molecule has 0 aliphatic heterocycles. The molecule has 1 unspecified atom stereocenters. The van der Waals surface area contributed by atoms with Gasteiger partial charge in [-0.2, -0.15) is 13.2 Å². The normalized spacial score (nSPS) is 13.3. The Morgan fingerprint density at radius 3 is 2.45 bits per heavy atom. The molecule has 1 heterocycles. The summed E-state index contributed by atoms with van der Waals surface area (Å²) in [7, 11) is 0. The summed E-state index contributed by atoms with van der Waals surface area (Å²) in [6.07, 6.45) is -4.75. The molecule has 20 heavy (non-hydrogen) atoms. The minimum atomic E-state index is -4.75. The van der Waals surface area contributed by atoms with E-state index in [1.807, 2.05) is 0 Å². The Morgan fingerprint density at radius 1 is 1.15 bits per heavy atom. The van der Waals surface area contributed by atoms with Gasteiger partial charge in [0.15, 0.2) is 0 Å². The molecule has 1 atom stereocenters. The van der Waals surface area contributed by atoms with Crippen LogP contribution in [0.3, 0.4) is 0 Å². The number of rotatable bonds is 2. The third kappa shape index (κ3) is 2.96. The molecule has 1 aromatic carbocycles. The highest BCUT2D eigenvalue weighted by molar-refractivity contribution is 5.33. The second-order valence-corrected chi connectivity index (χ2v) is 4.42. The Bertz CT molecular complexity index is 623. The summed E-state index contributed by atoms with van der Waals surface area (Å²) < 4.78 is 51.2. The summed E-state index contributed by atoms with van der Waals surface area (Å²) >= 11 is 0. The van der Waals surface area contributed by atoms with Crippen molar-refractivity contribution in [2.75, 3.05) is 0 Å². The molecule has 0 saturated heterocycles. The molecule has 106 valence electrons. The summed E-state index contributed by atoms with van der Waals surface area (Å²) in [6.45, 7) is 1.75. The fraction of sp³-hybridized carbons (Fsp3) is 0.214. The zero-order chi connectivity index (χ0) is 14.9. The average Bonchev–Trinajstić information content (AvgIpc) is 2.37. The molecule has 2 N–H and O–H groups in total. The van der Waals surface area contributed by atoms with Gasteiger partial charge in [-0.15, -0.1) is 0 Å². The van der Waals surface area contributed by atoms with Crippen LogP contribution in [0.1, 0.15) is 28.6 Å². The maximum absolute atomic E-state index is 13.2. The number of pyridine rings is 1. The maximum atomic E-state index is 13.2. The van der Waals surface area contributed by atoms with E-state index in [2.05, 4.69) is 4.98 Å². The van der Waals surface area contributed by atoms with Gasteiger partial charge in [0.05, 0.1) is 17.3 Å². The number of aromatic nitrogens is 1. The summed E-state index contributed by atoms with van der Waals surface area (Å²) in [5, 5.41) is 0. The SMILES string of the molecule is Cc1cccc(C(N)c2ccc(F)c(C(F)(F)F)c2)n1. The number of hydrogen-bond acceptors (Lipinski definition) is 2. The summed E-state index contributed by atoms with van der Waals surface area (Å²) in [5.41, 5.74) is 5.88. The molecule has 0 spiro atoms. The van der Waals surface area contributed by atoms with Gasteiger partial charge in [-0.25, -0.2) is 4.39 Å². The largest absolute Gasteiger partial charge is 0.419 e. The van der Waals surface area contributed by atoms with Gasteiger partial charge >= 0.3 is 6.18 Å². The van der Waals surface area contributed by atoms with Crippen LogP contribution in [0.25, 0.3) is 0 Å². The lowest BCUT2D eigenvalue weighted by atomic mass is 10.0. The van der Waals surface area contributed by atoms with Gasteiger partial charge in [-0.1, -0.05) is 12.1 Å². The monoisotopic (exact) mass is 284 g/mol. The second kappa shape index (κ2) is 5.20. The maximum Gasteiger partial charge on any atom is 0.419 e. The zero-order valence-electron chi connectivity index (χ0n) is 10.6. The van der Waals surface area contributed by atoms with Crippen molar-refractivity contribution in [1.29, 1.82) is 0 Å². The Balaban J connectivity index is 2.43. The van der Waals surface area contributed by atoms with Crippen molar-refractivity contribution < 1.29 is 17.6 Å². The average molecular weight is 284 g/mol. The molecule has 0 aliphatic rings. The zero-order valence-corrected chi connectivity index (χ0v) is 10.6. The van der Waals surface area contributed by atoms with Crippen LogP contribution >= 0.6 is 0 Å². The summed E-state index contributed by atoms with van der Waals surface area (Å²) in [4.78, 5) is 4.16. The van der Waals surface area contributed by atoms with Crippen LogP contribution in [0.15, 0.2) is 36.4 Å². The van der Waals surface area contributed by atoms with E-state index in [9.17, 15) is 17.6 Å². The van der Waals surface area contributed by atoms with Crippen molar-refractivity contribution in [2.24, 2.45) is 5.73 Å². The van der Waals surface area contributed by atoms with E-state index in [0.29, 0.717) is 11.4 Å². The molecule has 0 amide bonds.